The van der Waals surface area contributed by atoms with E-state index in [4.69, 9.17) is 5.11 Å². The van der Waals surface area contributed by atoms with Gasteiger partial charge >= 0.3 is 0 Å². The van der Waals surface area contributed by atoms with Gasteiger partial charge < -0.3 is 5.11 Å². The summed E-state index contributed by atoms with van der Waals surface area (Å²) in [6, 6.07) is 6.39. The van der Waals surface area contributed by atoms with Crippen LogP contribution < -0.4 is 0 Å². The number of aromatic nitrogens is 2. The molecule has 1 aromatic carbocycles. The van der Waals surface area contributed by atoms with Gasteiger partial charge in [-0.05, 0) is 24.6 Å². The summed E-state index contributed by atoms with van der Waals surface area (Å²) in [6.45, 7) is 0.174. The molecule has 0 saturated heterocycles. The molecule has 0 aliphatic heterocycles. The van der Waals surface area contributed by atoms with E-state index in [1.807, 2.05) is 10.6 Å². The zero-order valence-corrected chi connectivity index (χ0v) is 10.0. The normalized spacial score (nSPS) is 10.7. The molecule has 1 N–H and O–H groups in total. The Bertz CT molecular complexity index is 487. The summed E-state index contributed by atoms with van der Waals surface area (Å²) in [7, 11) is 0. The van der Waals surface area contributed by atoms with Crippen LogP contribution >= 0.6 is 11.8 Å². The maximum Gasteiger partial charge on any atom is 0.172 e. The molecule has 1 aromatic heterocycles. The van der Waals surface area contributed by atoms with E-state index < -0.39 is 0 Å². The first-order valence-corrected chi connectivity index (χ1v) is 6.33. The van der Waals surface area contributed by atoms with E-state index in [-0.39, 0.29) is 12.4 Å². The van der Waals surface area contributed by atoms with E-state index in [1.54, 1.807) is 30.2 Å². The number of imidazole rings is 1. The lowest BCUT2D eigenvalue weighted by Gasteiger charge is -2.06. The maximum absolute atomic E-state index is 13.1. The topological polar surface area (TPSA) is 38.1 Å². The van der Waals surface area contributed by atoms with E-state index in [9.17, 15) is 4.39 Å². The SMILES string of the molecule is OCCCSc1nccn1-c1cccc(F)c1. The quantitative estimate of drug-likeness (QED) is 0.656. The molecule has 2 aromatic rings. The van der Waals surface area contributed by atoms with Crippen LogP contribution in [0.25, 0.3) is 5.69 Å². The van der Waals surface area contributed by atoms with E-state index >= 15 is 0 Å². The maximum atomic E-state index is 13.1. The minimum atomic E-state index is -0.262. The first kappa shape index (κ1) is 12.1. The molecule has 0 radical (unpaired) electrons. The number of aliphatic hydroxyl groups is 1. The van der Waals surface area contributed by atoms with Crippen LogP contribution in [-0.2, 0) is 0 Å². The van der Waals surface area contributed by atoms with Crippen LogP contribution in [0, 0.1) is 5.82 Å². The second kappa shape index (κ2) is 5.84. The van der Waals surface area contributed by atoms with Crippen molar-refractivity contribution in [2.45, 2.75) is 11.6 Å². The summed E-state index contributed by atoms with van der Waals surface area (Å²) in [5.74, 6) is 0.533. The van der Waals surface area contributed by atoms with Gasteiger partial charge in [0.05, 0.1) is 5.69 Å². The van der Waals surface area contributed by atoms with Gasteiger partial charge in [0.1, 0.15) is 5.82 Å². The molecule has 5 heteroatoms. The van der Waals surface area contributed by atoms with Crippen molar-refractivity contribution in [1.29, 1.82) is 0 Å². The molecular formula is C12H13FN2OS. The molecule has 3 nitrogen and oxygen atoms in total. The molecule has 0 aliphatic carbocycles. The highest BCUT2D eigenvalue weighted by molar-refractivity contribution is 7.99. The van der Waals surface area contributed by atoms with Gasteiger partial charge in [-0.3, -0.25) is 4.57 Å². The minimum absolute atomic E-state index is 0.174. The Hall–Kier alpha value is -1.33. The number of hydrogen-bond donors (Lipinski definition) is 1. The third-order valence-corrected chi connectivity index (χ3v) is 3.28. The number of benzene rings is 1. The van der Waals surface area contributed by atoms with Crippen LogP contribution in [0.4, 0.5) is 4.39 Å². The number of nitrogens with zero attached hydrogens (tertiary/aromatic N) is 2. The van der Waals surface area contributed by atoms with Gasteiger partial charge in [-0.2, -0.15) is 0 Å². The Morgan fingerprint density at radius 2 is 2.29 bits per heavy atom. The number of hydrogen-bond acceptors (Lipinski definition) is 3. The van der Waals surface area contributed by atoms with Gasteiger partial charge in [0.15, 0.2) is 5.16 Å². The van der Waals surface area contributed by atoms with Gasteiger partial charge in [-0.1, -0.05) is 17.8 Å². The predicted octanol–water partition coefficient (Wildman–Crippen LogP) is 2.49. The highest BCUT2D eigenvalue weighted by atomic mass is 32.2. The van der Waals surface area contributed by atoms with Crippen LogP contribution in [0.15, 0.2) is 41.8 Å². The first-order chi connectivity index (χ1) is 8.31. The van der Waals surface area contributed by atoms with Crippen molar-refractivity contribution < 1.29 is 9.50 Å². The third-order valence-electron chi connectivity index (χ3n) is 2.23. The van der Waals surface area contributed by atoms with Crippen LogP contribution in [-0.4, -0.2) is 27.0 Å². The predicted molar refractivity (Wildman–Crippen MR) is 65.9 cm³/mol. The largest absolute Gasteiger partial charge is 0.396 e. The zero-order chi connectivity index (χ0) is 12.1. The standard InChI is InChI=1S/C12H13FN2OS/c13-10-3-1-4-11(9-10)15-6-5-14-12(15)17-8-2-7-16/h1,3-6,9,16H,2,7-8H2. The van der Waals surface area contributed by atoms with E-state index in [2.05, 4.69) is 4.98 Å². The lowest BCUT2D eigenvalue weighted by atomic mass is 10.3. The number of aliphatic hydroxyl groups excluding tert-OH is 1. The number of thioether (sulfide) groups is 1. The zero-order valence-electron chi connectivity index (χ0n) is 9.21. The summed E-state index contributed by atoms with van der Waals surface area (Å²) < 4.78 is 15.0. The summed E-state index contributed by atoms with van der Waals surface area (Å²) in [4.78, 5) is 4.22. The minimum Gasteiger partial charge on any atom is -0.396 e. The molecule has 1 heterocycles. The van der Waals surface area contributed by atoms with Gasteiger partial charge in [0.25, 0.3) is 0 Å². The molecular weight excluding hydrogens is 239 g/mol. The van der Waals surface area contributed by atoms with Crippen LogP contribution in [0.5, 0.6) is 0 Å². The van der Waals surface area contributed by atoms with Gasteiger partial charge in [-0.15, -0.1) is 0 Å². The molecule has 17 heavy (non-hydrogen) atoms. The molecule has 0 atom stereocenters. The first-order valence-electron chi connectivity index (χ1n) is 5.34. The van der Waals surface area contributed by atoms with Gasteiger partial charge in [0.2, 0.25) is 0 Å². The summed E-state index contributed by atoms with van der Waals surface area (Å²) in [5, 5.41) is 9.54. The van der Waals surface area contributed by atoms with E-state index in [1.165, 1.54) is 12.1 Å². The fourth-order valence-corrected chi connectivity index (χ4v) is 2.34. The Labute approximate surface area is 103 Å². The van der Waals surface area contributed by atoms with Crippen molar-refractivity contribution in [3.63, 3.8) is 0 Å². The fraction of sp³-hybridized carbons (Fsp3) is 0.250. The van der Waals surface area contributed by atoms with Crippen molar-refractivity contribution in [1.82, 2.24) is 9.55 Å². The monoisotopic (exact) mass is 252 g/mol. The molecule has 0 spiro atoms. The van der Waals surface area contributed by atoms with Crippen molar-refractivity contribution in [3.05, 3.63) is 42.5 Å². The fourth-order valence-electron chi connectivity index (χ4n) is 1.45. The Kier molecular flexibility index (Phi) is 4.17. The average molecular weight is 252 g/mol. The lowest BCUT2D eigenvalue weighted by molar-refractivity contribution is 0.296. The molecule has 2 rings (SSSR count). The molecule has 0 saturated carbocycles. The molecule has 0 fully saturated rings. The average Bonchev–Trinajstić information content (AvgIpc) is 2.78. The van der Waals surface area contributed by atoms with Crippen molar-refractivity contribution in [2.75, 3.05) is 12.4 Å². The molecule has 0 aliphatic rings. The van der Waals surface area contributed by atoms with Gasteiger partial charge in [0, 0.05) is 24.8 Å². The van der Waals surface area contributed by atoms with Crippen molar-refractivity contribution >= 4 is 11.8 Å². The molecule has 0 bridgehead atoms. The highest BCUT2D eigenvalue weighted by Crippen LogP contribution is 2.21. The van der Waals surface area contributed by atoms with Crippen molar-refractivity contribution in [3.8, 4) is 5.69 Å². The van der Waals surface area contributed by atoms with Crippen LogP contribution in [0.1, 0.15) is 6.42 Å². The van der Waals surface area contributed by atoms with Crippen molar-refractivity contribution in [2.24, 2.45) is 0 Å². The highest BCUT2D eigenvalue weighted by Gasteiger charge is 2.05. The number of halogens is 1. The Morgan fingerprint density at radius 1 is 1.41 bits per heavy atom. The number of rotatable bonds is 5. The van der Waals surface area contributed by atoms with Crippen LogP contribution in [0.2, 0.25) is 0 Å². The Morgan fingerprint density at radius 3 is 3.06 bits per heavy atom. The second-order valence-corrected chi connectivity index (χ2v) is 4.55. The van der Waals surface area contributed by atoms with E-state index in [0.29, 0.717) is 0 Å². The molecule has 90 valence electrons. The third kappa shape index (κ3) is 3.08. The molecule has 0 amide bonds. The summed E-state index contributed by atoms with van der Waals surface area (Å²) >= 11 is 1.55. The summed E-state index contributed by atoms with van der Waals surface area (Å²) in [5.41, 5.74) is 0.758. The summed E-state index contributed by atoms with van der Waals surface area (Å²) in [6.07, 6.45) is 4.21. The smallest absolute Gasteiger partial charge is 0.172 e. The molecule has 0 unspecified atom stereocenters. The van der Waals surface area contributed by atoms with Crippen LogP contribution in [0.3, 0.4) is 0 Å². The van der Waals surface area contributed by atoms with E-state index in [0.717, 1.165) is 23.0 Å². The Balaban J connectivity index is 2.18. The second-order valence-electron chi connectivity index (χ2n) is 3.49. The lowest BCUT2D eigenvalue weighted by Crippen LogP contribution is -1.96. The van der Waals surface area contributed by atoms with Gasteiger partial charge in [-0.25, -0.2) is 9.37 Å².